The molecule has 5 heteroatoms. The second-order valence-electron chi connectivity index (χ2n) is 9.06. The maximum Gasteiger partial charge on any atom is 0.509 e. The lowest BCUT2D eigenvalue weighted by Gasteiger charge is -2.27. The van der Waals surface area contributed by atoms with E-state index in [1.54, 1.807) is 0 Å². The minimum atomic E-state index is -0.609. The number of ether oxygens (including phenoxy) is 3. The molecule has 31 heavy (non-hydrogen) atoms. The quantitative estimate of drug-likeness (QED) is 0.453. The molecule has 2 aromatic carbocycles. The van der Waals surface area contributed by atoms with Crippen LogP contribution < -0.4 is 4.74 Å². The first-order valence-electron chi connectivity index (χ1n) is 11.1. The van der Waals surface area contributed by atoms with Crippen molar-refractivity contribution in [3.63, 3.8) is 0 Å². The maximum absolute atomic E-state index is 12.6. The summed E-state index contributed by atoms with van der Waals surface area (Å²) in [5, 5.41) is 0. The minimum absolute atomic E-state index is 0.447. The number of hydrogen-bond donors (Lipinski definition) is 0. The van der Waals surface area contributed by atoms with Gasteiger partial charge in [0.1, 0.15) is 11.5 Å². The average molecular weight is 420 g/mol. The summed E-state index contributed by atoms with van der Waals surface area (Å²) in [5.74, 6) is 3.21. The van der Waals surface area contributed by atoms with Crippen LogP contribution in [0, 0.1) is 17.8 Å². The van der Waals surface area contributed by atoms with Crippen LogP contribution in [0.2, 0.25) is 0 Å². The molecule has 3 aliphatic rings. The number of piperidine rings is 1. The number of hydrogen-bond acceptors (Lipinski definition) is 5. The van der Waals surface area contributed by atoms with Gasteiger partial charge in [-0.1, -0.05) is 48.0 Å². The van der Waals surface area contributed by atoms with Gasteiger partial charge in [0.15, 0.2) is 6.10 Å². The Bertz CT molecular complexity index is 939. The van der Waals surface area contributed by atoms with Crippen molar-refractivity contribution in [2.24, 2.45) is 17.8 Å². The lowest BCUT2D eigenvalue weighted by atomic mass is 9.97. The lowest BCUT2D eigenvalue weighted by Crippen LogP contribution is -2.26. The van der Waals surface area contributed by atoms with Gasteiger partial charge in [0.05, 0.1) is 6.61 Å². The highest BCUT2D eigenvalue weighted by Gasteiger charge is 2.55. The maximum atomic E-state index is 12.6. The van der Waals surface area contributed by atoms with Crippen LogP contribution in [0.1, 0.15) is 37.5 Å². The smallest absolute Gasteiger partial charge is 0.456 e. The standard InChI is InChI=1S/C26H29NO4/c1-17(2)8-7-13-27-14-20-21(15-27)22(20)16-29-26(28)31-25-18-9-3-5-11-23(18)30-24-12-6-4-10-19(24)25/h3-6,8-12,20-22,25H,7,13-16H2,1-2H3/t20-,21?,22?/m1/s1. The van der Waals surface area contributed by atoms with Crippen LogP contribution in [0.4, 0.5) is 4.79 Å². The zero-order valence-corrected chi connectivity index (χ0v) is 18.1. The van der Waals surface area contributed by atoms with Crippen molar-refractivity contribution in [1.82, 2.24) is 4.90 Å². The first-order chi connectivity index (χ1) is 15.1. The van der Waals surface area contributed by atoms with E-state index in [0.717, 1.165) is 37.2 Å². The van der Waals surface area contributed by atoms with Gasteiger partial charge in [-0.3, -0.25) is 0 Å². The summed E-state index contributed by atoms with van der Waals surface area (Å²) in [7, 11) is 0. The lowest BCUT2D eigenvalue weighted by molar-refractivity contribution is 0.0268. The first kappa shape index (κ1) is 20.1. The van der Waals surface area contributed by atoms with Crippen LogP contribution in [-0.2, 0) is 9.47 Å². The molecule has 1 saturated heterocycles. The Labute approximate surface area is 183 Å². The zero-order chi connectivity index (χ0) is 21.4. The second-order valence-corrected chi connectivity index (χ2v) is 9.06. The van der Waals surface area contributed by atoms with Crippen LogP contribution in [0.3, 0.4) is 0 Å². The summed E-state index contributed by atoms with van der Waals surface area (Å²) < 4.78 is 17.3. The molecule has 162 valence electrons. The fourth-order valence-electron chi connectivity index (χ4n) is 4.99. The Morgan fingerprint density at radius 1 is 1.03 bits per heavy atom. The summed E-state index contributed by atoms with van der Waals surface area (Å²) in [6.45, 7) is 8.09. The third kappa shape index (κ3) is 4.19. The molecule has 2 unspecified atom stereocenters. The van der Waals surface area contributed by atoms with Crippen molar-refractivity contribution in [3.8, 4) is 11.5 Å². The molecule has 0 amide bonds. The van der Waals surface area contributed by atoms with Gasteiger partial charge in [0, 0.05) is 36.7 Å². The third-order valence-electron chi connectivity index (χ3n) is 6.68. The van der Waals surface area contributed by atoms with Gasteiger partial charge in [-0.25, -0.2) is 4.79 Å². The summed E-state index contributed by atoms with van der Waals surface area (Å²) in [4.78, 5) is 15.1. The minimum Gasteiger partial charge on any atom is -0.456 e. The summed E-state index contributed by atoms with van der Waals surface area (Å²) in [5.41, 5.74) is 3.06. The number of carbonyl (C=O) groups excluding carboxylic acids is 1. The molecule has 2 aliphatic heterocycles. The van der Waals surface area contributed by atoms with Crippen molar-refractivity contribution in [3.05, 3.63) is 71.3 Å². The van der Waals surface area contributed by atoms with E-state index in [4.69, 9.17) is 14.2 Å². The number of benzene rings is 2. The molecule has 1 saturated carbocycles. The Balaban J connectivity index is 1.14. The van der Waals surface area contributed by atoms with E-state index in [1.165, 1.54) is 5.57 Å². The fourth-order valence-corrected chi connectivity index (χ4v) is 4.99. The molecule has 0 spiro atoms. The van der Waals surface area contributed by atoms with Gasteiger partial charge >= 0.3 is 6.16 Å². The molecule has 3 atom stereocenters. The molecule has 0 aromatic heterocycles. The molecule has 1 aliphatic carbocycles. The number of likely N-dealkylation sites (tertiary alicyclic amines) is 1. The summed E-state index contributed by atoms with van der Waals surface area (Å²) >= 11 is 0. The molecule has 2 aromatic rings. The van der Waals surface area contributed by atoms with Crippen molar-refractivity contribution in [2.75, 3.05) is 26.2 Å². The predicted molar refractivity (Wildman–Crippen MR) is 118 cm³/mol. The van der Waals surface area contributed by atoms with Crippen LogP contribution in [0.15, 0.2) is 60.2 Å². The first-order valence-corrected chi connectivity index (χ1v) is 11.1. The van der Waals surface area contributed by atoms with E-state index in [0.29, 0.717) is 35.9 Å². The highest BCUT2D eigenvalue weighted by Crippen LogP contribution is 2.52. The molecular weight excluding hydrogens is 390 g/mol. The van der Waals surface area contributed by atoms with E-state index in [9.17, 15) is 4.79 Å². The predicted octanol–water partition coefficient (Wildman–Crippen LogP) is 5.57. The van der Waals surface area contributed by atoms with Crippen LogP contribution in [0.25, 0.3) is 0 Å². The molecule has 2 fully saturated rings. The number of carbonyl (C=O) groups is 1. The summed E-state index contributed by atoms with van der Waals surface area (Å²) in [6, 6.07) is 15.3. The Morgan fingerprint density at radius 3 is 2.26 bits per heavy atom. The fraction of sp³-hybridized carbons (Fsp3) is 0.423. The van der Waals surface area contributed by atoms with Gasteiger partial charge in [-0.15, -0.1) is 0 Å². The van der Waals surface area contributed by atoms with Crippen LogP contribution in [0.5, 0.6) is 11.5 Å². The number of allylic oxidation sites excluding steroid dienone is 1. The van der Waals surface area contributed by atoms with Gasteiger partial charge < -0.3 is 19.1 Å². The normalized spacial score (nSPS) is 23.7. The monoisotopic (exact) mass is 419 g/mol. The Kier molecular flexibility index (Phi) is 5.45. The number of rotatable bonds is 6. The molecule has 2 heterocycles. The van der Waals surface area contributed by atoms with Gasteiger partial charge in [0.2, 0.25) is 0 Å². The molecule has 0 N–H and O–H groups in total. The third-order valence-corrected chi connectivity index (χ3v) is 6.68. The number of nitrogens with zero attached hydrogens (tertiary/aromatic N) is 1. The SMILES string of the molecule is CC(C)=CCCN1CC2C(COC(=O)OC3c4ccccc4Oc4ccccc43)[C@@H]2C1. The average Bonchev–Trinajstić information content (AvgIpc) is 3.22. The van der Waals surface area contributed by atoms with E-state index >= 15 is 0 Å². The van der Waals surface area contributed by atoms with Crippen molar-refractivity contribution < 1.29 is 19.0 Å². The van der Waals surface area contributed by atoms with Crippen LogP contribution >= 0.6 is 0 Å². The molecule has 5 rings (SSSR count). The van der Waals surface area contributed by atoms with Crippen molar-refractivity contribution >= 4 is 6.16 Å². The molecular formula is C26H29NO4. The molecule has 5 nitrogen and oxygen atoms in total. The van der Waals surface area contributed by atoms with Crippen molar-refractivity contribution in [2.45, 2.75) is 26.4 Å². The van der Waals surface area contributed by atoms with E-state index in [2.05, 4.69) is 24.8 Å². The number of para-hydroxylation sites is 2. The number of fused-ring (bicyclic) bond motifs is 3. The van der Waals surface area contributed by atoms with Gasteiger partial charge in [0.25, 0.3) is 0 Å². The highest BCUT2D eigenvalue weighted by molar-refractivity contribution is 5.63. The van der Waals surface area contributed by atoms with Crippen molar-refractivity contribution in [1.29, 1.82) is 0 Å². The van der Waals surface area contributed by atoms with Gasteiger partial charge in [-0.2, -0.15) is 0 Å². The molecule has 0 radical (unpaired) electrons. The van der Waals surface area contributed by atoms with Gasteiger partial charge in [-0.05, 0) is 44.2 Å². The Hall–Kier alpha value is -2.79. The largest absolute Gasteiger partial charge is 0.509 e. The zero-order valence-electron chi connectivity index (χ0n) is 18.1. The summed E-state index contributed by atoms with van der Waals surface area (Å²) in [6.07, 6.45) is 2.29. The highest BCUT2D eigenvalue weighted by atomic mass is 16.7. The molecule has 0 bridgehead atoms. The van der Waals surface area contributed by atoms with E-state index < -0.39 is 12.3 Å². The second kappa shape index (κ2) is 8.39. The topological polar surface area (TPSA) is 48.0 Å². The van der Waals surface area contributed by atoms with Crippen LogP contribution in [-0.4, -0.2) is 37.3 Å². The van der Waals surface area contributed by atoms with E-state index in [-0.39, 0.29) is 0 Å². The van der Waals surface area contributed by atoms with E-state index in [1.807, 2.05) is 48.5 Å². The Morgan fingerprint density at radius 2 is 1.65 bits per heavy atom.